The van der Waals surface area contributed by atoms with Gasteiger partial charge in [0.15, 0.2) is 0 Å². The van der Waals surface area contributed by atoms with E-state index >= 15 is 0 Å². The van der Waals surface area contributed by atoms with Gasteiger partial charge in [-0.25, -0.2) is 0 Å². The van der Waals surface area contributed by atoms with Gasteiger partial charge in [-0.1, -0.05) is 25.7 Å². The molecule has 4 nitrogen and oxygen atoms in total. The highest BCUT2D eigenvalue weighted by molar-refractivity contribution is 4.85. The molecule has 1 N–H and O–H groups in total. The van der Waals surface area contributed by atoms with Crippen molar-refractivity contribution < 1.29 is 9.47 Å². The zero-order valence-electron chi connectivity index (χ0n) is 13.7. The van der Waals surface area contributed by atoms with E-state index in [0.717, 1.165) is 32.7 Å². The second kappa shape index (κ2) is 11.5. The van der Waals surface area contributed by atoms with Gasteiger partial charge in [-0.15, -0.1) is 0 Å². The maximum atomic E-state index is 5.30. The van der Waals surface area contributed by atoms with Gasteiger partial charge in [-0.2, -0.15) is 0 Å². The molecule has 0 aromatic heterocycles. The molecule has 0 heterocycles. The summed E-state index contributed by atoms with van der Waals surface area (Å²) in [4.78, 5) is 2.62. The third-order valence-electron chi connectivity index (χ3n) is 4.45. The predicted octanol–water partition coefficient (Wildman–Crippen LogP) is 2.28. The van der Waals surface area contributed by atoms with Crippen LogP contribution in [0.2, 0.25) is 0 Å². The molecule has 1 fully saturated rings. The predicted molar refractivity (Wildman–Crippen MR) is 84.3 cm³/mol. The topological polar surface area (TPSA) is 33.7 Å². The first-order chi connectivity index (χ1) is 9.83. The van der Waals surface area contributed by atoms with E-state index in [-0.39, 0.29) is 0 Å². The Morgan fingerprint density at radius 3 is 2.30 bits per heavy atom. The van der Waals surface area contributed by atoms with E-state index in [2.05, 4.69) is 17.3 Å². The van der Waals surface area contributed by atoms with Gasteiger partial charge < -0.3 is 14.8 Å². The molecule has 120 valence electrons. The Bertz CT molecular complexity index is 227. The average molecular weight is 286 g/mol. The Hall–Kier alpha value is -0.160. The fraction of sp³-hybridized carbons (Fsp3) is 1.00. The zero-order chi connectivity index (χ0) is 14.6. The Morgan fingerprint density at radius 1 is 0.950 bits per heavy atom. The monoisotopic (exact) mass is 286 g/mol. The van der Waals surface area contributed by atoms with E-state index in [0.29, 0.717) is 12.1 Å². The van der Waals surface area contributed by atoms with Crippen molar-refractivity contribution in [1.82, 2.24) is 10.2 Å². The lowest BCUT2D eigenvalue weighted by molar-refractivity contribution is 0.0819. The summed E-state index contributed by atoms with van der Waals surface area (Å²) in [6.45, 7) is 3.81. The van der Waals surface area contributed by atoms with E-state index in [4.69, 9.17) is 9.47 Å². The molecule has 0 spiro atoms. The van der Waals surface area contributed by atoms with Crippen molar-refractivity contribution >= 4 is 0 Å². The van der Waals surface area contributed by atoms with Crippen LogP contribution in [0.1, 0.15) is 44.9 Å². The van der Waals surface area contributed by atoms with Gasteiger partial charge in [0.05, 0.1) is 6.61 Å². The van der Waals surface area contributed by atoms with Crippen LogP contribution >= 0.6 is 0 Å². The Kier molecular flexibility index (Phi) is 10.3. The van der Waals surface area contributed by atoms with E-state index in [1.54, 1.807) is 14.2 Å². The van der Waals surface area contributed by atoms with Crippen LogP contribution in [-0.2, 0) is 9.47 Å². The first-order valence-electron chi connectivity index (χ1n) is 8.22. The van der Waals surface area contributed by atoms with Gasteiger partial charge >= 0.3 is 0 Å². The quantitative estimate of drug-likeness (QED) is 0.659. The molecule has 0 bridgehead atoms. The smallest absolute Gasteiger partial charge is 0.0589 e. The fourth-order valence-corrected chi connectivity index (χ4v) is 3.30. The number of nitrogens with zero attached hydrogens (tertiary/aromatic N) is 1. The molecule has 20 heavy (non-hydrogen) atoms. The number of methoxy groups -OCH3 is 2. The number of ether oxygens (including phenoxy) is 2. The maximum Gasteiger partial charge on any atom is 0.0589 e. The molecular formula is C16H34N2O2. The zero-order valence-corrected chi connectivity index (χ0v) is 13.7. The second-order valence-electron chi connectivity index (χ2n) is 5.83. The standard InChI is InChI=1S/C16H34N2O2/c1-17-15-9-6-4-5-7-10-16(15)18(12-14-20-3)11-8-13-19-2/h15-17H,4-14H2,1-3H3. The Balaban J connectivity index is 2.60. The number of hydrogen-bond acceptors (Lipinski definition) is 4. The Morgan fingerprint density at radius 2 is 1.65 bits per heavy atom. The van der Waals surface area contributed by atoms with E-state index in [1.807, 2.05) is 0 Å². The highest BCUT2D eigenvalue weighted by Crippen LogP contribution is 2.22. The third-order valence-corrected chi connectivity index (χ3v) is 4.45. The molecule has 1 aliphatic carbocycles. The number of nitrogens with one attached hydrogen (secondary N) is 1. The lowest BCUT2D eigenvalue weighted by atomic mass is 9.91. The van der Waals surface area contributed by atoms with Crippen LogP contribution in [0.5, 0.6) is 0 Å². The van der Waals surface area contributed by atoms with Crippen LogP contribution in [0.4, 0.5) is 0 Å². The summed E-state index contributed by atoms with van der Waals surface area (Å²) < 4.78 is 10.5. The molecule has 0 aliphatic heterocycles. The van der Waals surface area contributed by atoms with Gasteiger partial charge in [-0.05, 0) is 26.3 Å². The molecule has 0 aromatic carbocycles. The minimum atomic E-state index is 0.620. The van der Waals surface area contributed by atoms with Crippen LogP contribution in [0.3, 0.4) is 0 Å². The van der Waals surface area contributed by atoms with E-state index in [1.165, 1.54) is 38.5 Å². The summed E-state index contributed by atoms with van der Waals surface area (Å²) in [7, 11) is 5.69. The van der Waals surface area contributed by atoms with Crippen LogP contribution < -0.4 is 5.32 Å². The first-order valence-corrected chi connectivity index (χ1v) is 8.22. The Labute approximate surface area is 125 Å². The summed E-state index contributed by atoms with van der Waals surface area (Å²) >= 11 is 0. The molecule has 1 rings (SSSR count). The highest BCUT2D eigenvalue weighted by atomic mass is 16.5. The molecule has 0 radical (unpaired) electrons. The highest BCUT2D eigenvalue weighted by Gasteiger charge is 2.26. The van der Waals surface area contributed by atoms with Gasteiger partial charge in [0.2, 0.25) is 0 Å². The van der Waals surface area contributed by atoms with Gasteiger partial charge in [-0.3, -0.25) is 4.90 Å². The lowest BCUT2D eigenvalue weighted by Gasteiger charge is -2.38. The molecule has 1 saturated carbocycles. The molecule has 2 unspecified atom stereocenters. The van der Waals surface area contributed by atoms with Crippen molar-refractivity contribution in [3.8, 4) is 0 Å². The molecule has 0 aromatic rings. The van der Waals surface area contributed by atoms with Crippen molar-refractivity contribution in [1.29, 1.82) is 0 Å². The maximum absolute atomic E-state index is 5.30. The average Bonchev–Trinajstić information content (AvgIpc) is 2.43. The molecule has 4 heteroatoms. The number of rotatable bonds is 9. The van der Waals surface area contributed by atoms with Crippen LogP contribution in [0.15, 0.2) is 0 Å². The van der Waals surface area contributed by atoms with Gasteiger partial charge in [0, 0.05) is 46.0 Å². The minimum Gasteiger partial charge on any atom is -0.385 e. The fourth-order valence-electron chi connectivity index (χ4n) is 3.30. The molecular weight excluding hydrogens is 252 g/mol. The largest absolute Gasteiger partial charge is 0.385 e. The van der Waals surface area contributed by atoms with Crippen molar-refractivity contribution in [2.75, 3.05) is 47.6 Å². The van der Waals surface area contributed by atoms with Crippen LogP contribution in [-0.4, -0.2) is 64.6 Å². The van der Waals surface area contributed by atoms with Crippen LogP contribution in [0, 0.1) is 0 Å². The van der Waals surface area contributed by atoms with Gasteiger partial charge in [0.1, 0.15) is 0 Å². The molecule has 0 amide bonds. The molecule has 2 atom stereocenters. The molecule has 0 saturated heterocycles. The SMILES string of the molecule is CNC1CCCCCCC1N(CCCOC)CCOC. The minimum absolute atomic E-state index is 0.620. The number of likely N-dealkylation sites (N-methyl/N-ethyl adjacent to an activating group) is 1. The summed E-state index contributed by atoms with van der Waals surface area (Å²) in [6, 6.07) is 1.27. The summed E-state index contributed by atoms with van der Waals surface area (Å²) in [5.74, 6) is 0. The van der Waals surface area contributed by atoms with Gasteiger partial charge in [0.25, 0.3) is 0 Å². The third kappa shape index (κ3) is 6.53. The molecule has 1 aliphatic rings. The number of hydrogen-bond donors (Lipinski definition) is 1. The first kappa shape index (κ1) is 17.9. The van der Waals surface area contributed by atoms with Crippen molar-refractivity contribution in [2.45, 2.75) is 57.0 Å². The van der Waals surface area contributed by atoms with Crippen molar-refractivity contribution in [2.24, 2.45) is 0 Å². The van der Waals surface area contributed by atoms with E-state index < -0.39 is 0 Å². The lowest BCUT2D eigenvalue weighted by Crippen LogP contribution is -2.51. The van der Waals surface area contributed by atoms with Crippen molar-refractivity contribution in [3.05, 3.63) is 0 Å². The summed E-state index contributed by atoms with van der Waals surface area (Å²) in [5.41, 5.74) is 0. The van der Waals surface area contributed by atoms with Crippen molar-refractivity contribution in [3.63, 3.8) is 0 Å². The summed E-state index contributed by atoms with van der Waals surface area (Å²) in [6.07, 6.45) is 9.22. The van der Waals surface area contributed by atoms with E-state index in [9.17, 15) is 0 Å². The normalized spacial score (nSPS) is 24.6. The van der Waals surface area contributed by atoms with Crippen LogP contribution in [0.25, 0.3) is 0 Å². The second-order valence-corrected chi connectivity index (χ2v) is 5.83. The summed E-state index contributed by atoms with van der Waals surface area (Å²) in [5, 5.41) is 3.56.